The summed E-state index contributed by atoms with van der Waals surface area (Å²) in [4.78, 5) is 27.6. The van der Waals surface area contributed by atoms with Gasteiger partial charge in [-0.1, -0.05) is 24.8 Å². The second-order valence-electron chi connectivity index (χ2n) is 3.80. The Morgan fingerprint density at radius 2 is 1.88 bits per heavy atom. The average Bonchev–Trinajstić information content (AvgIpc) is 2.60. The number of carbonyl (C=O) groups excluding carboxylic acids is 2. The Morgan fingerprint density at radius 3 is 2.41 bits per heavy atom. The standard InChI is InChI=1S/C13H14N2O2/c1-3-4-11-5-10(2)12(6-14-8-16)13(11)7-15-9-17/h3-5,12-13H,2,6-7H2,1H3/b4-3-. The third-order valence-electron chi connectivity index (χ3n) is 2.81. The smallest absolute Gasteiger partial charge is 0.211 e. The van der Waals surface area contributed by atoms with Gasteiger partial charge in [0, 0.05) is 11.8 Å². The van der Waals surface area contributed by atoms with Gasteiger partial charge in [0.1, 0.15) is 0 Å². The Bertz CT molecular complexity index is 450. The SMILES string of the molecule is C=C1C=C(/C=C\C)C(CN=C=O)C1CN=C=O. The van der Waals surface area contributed by atoms with Crippen molar-refractivity contribution in [2.75, 3.05) is 13.1 Å². The Balaban J connectivity index is 2.93. The molecule has 0 aliphatic heterocycles. The highest BCUT2D eigenvalue weighted by molar-refractivity contribution is 5.42. The van der Waals surface area contributed by atoms with E-state index in [1.54, 1.807) is 0 Å². The second-order valence-corrected chi connectivity index (χ2v) is 3.80. The molecule has 0 aromatic rings. The van der Waals surface area contributed by atoms with Gasteiger partial charge in [0.15, 0.2) is 0 Å². The van der Waals surface area contributed by atoms with Gasteiger partial charge in [0.25, 0.3) is 0 Å². The largest absolute Gasteiger partial charge is 0.234 e. The summed E-state index contributed by atoms with van der Waals surface area (Å²) in [6.07, 6.45) is 8.89. The van der Waals surface area contributed by atoms with E-state index in [-0.39, 0.29) is 11.8 Å². The maximum atomic E-state index is 10.2. The molecule has 1 aliphatic rings. The molecule has 0 N–H and O–H groups in total. The van der Waals surface area contributed by atoms with E-state index in [0.29, 0.717) is 13.1 Å². The van der Waals surface area contributed by atoms with Crippen LogP contribution in [0.15, 0.2) is 45.9 Å². The number of aliphatic imine (C=N–C) groups is 2. The molecular formula is C13H14N2O2. The minimum Gasteiger partial charge on any atom is -0.211 e. The molecule has 0 aromatic heterocycles. The van der Waals surface area contributed by atoms with E-state index in [9.17, 15) is 9.59 Å². The first kappa shape index (κ1) is 13.0. The molecule has 0 spiro atoms. The van der Waals surface area contributed by atoms with Crippen LogP contribution < -0.4 is 0 Å². The molecule has 4 nitrogen and oxygen atoms in total. The van der Waals surface area contributed by atoms with Crippen molar-refractivity contribution in [3.05, 3.63) is 36.0 Å². The van der Waals surface area contributed by atoms with Crippen molar-refractivity contribution in [2.45, 2.75) is 6.92 Å². The van der Waals surface area contributed by atoms with Crippen LogP contribution in [0.3, 0.4) is 0 Å². The number of isocyanates is 2. The summed E-state index contributed by atoms with van der Waals surface area (Å²) in [5.41, 5.74) is 1.96. The predicted molar refractivity (Wildman–Crippen MR) is 65.0 cm³/mol. The lowest BCUT2D eigenvalue weighted by Crippen LogP contribution is -2.18. The van der Waals surface area contributed by atoms with Crippen LogP contribution in [-0.4, -0.2) is 25.2 Å². The first-order chi connectivity index (χ1) is 8.24. The Kier molecular flexibility index (Phi) is 5.02. The summed E-state index contributed by atoms with van der Waals surface area (Å²) < 4.78 is 0. The first-order valence-electron chi connectivity index (χ1n) is 5.35. The molecule has 0 saturated carbocycles. The summed E-state index contributed by atoms with van der Waals surface area (Å²) in [6, 6.07) is 0. The van der Waals surface area contributed by atoms with Crippen LogP contribution >= 0.6 is 0 Å². The zero-order valence-corrected chi connectivity index (χ0v) is 9.72. The molecule has 0 saturated heterocycles. The molecule has 0 radical (unpaired) electrons. The van der Waals surface area contributed by atoms with Gasteiger partial charge >= 0.3 is 0 Å². The predicted octanol–water partition coefficient (Wildman–Crippen LogP) is 1.96. The molecular weight excluding hydrogens is 216 g/mol. The van der Waals surface area contributed by atoms with Crippen molar-refractivity contribution in [1.29, 1.82) is 0 Å². The van der Waals surface area contributed by atoms with Crippen molar-refractivity contribution >= 4 is 12.2 Å². The first-order valence-corrected chi connectivity index (χ1v) is 5.35. The van der Waals surface area contributed by atoms with Crippen LogP contribution in [0.1, 0.15) is 6.92 Å². The Hall–Kier alpha value is -2.02. The third-order valence-corrected chi connectivity index (χ3v) is 2.81. The fourth-order valence-electron chi connectivity index (χ4n) is 2.03. The van der Waals surface area contributed by atoms with Crippen LogP contribution in [-0.2, 0) is 9.59 Å². The van der Waals surface area contributed by atoms with Crippen LogP contribution in [0.4, 0.5) is 0 Å². The van der Waals surface area contributed by atoms with E-state index in [1.807, 2.05) is 25.2 Å². The molecule has 0 bridgehead atoms. The average molecular weight is 230 g/mol. The molecule has 1 rings (SSSR count). The van der Waals surface area contributed by atoms with Crippen molar-refractivity contribution < 1.29 is 9.59 Å². The highest BCUT2D eigenvalue weighted by Crippen LogP contribution is 2.36. The number of hydrogen-bond donors (Lipinski definition) is 0. The van der Waals surface area contributed by atoms with Gasteiger partial charge in [0.05, 0.1) is 13.1 Å². The molecule has 0 aromatic carbocycles. The normalized spacial score (nSPS) is 23.1. The molecule has 88 valence electrons. The van der Waals surface area contributed by atoms with Gasteiger partial charge in [-0.05, 0) is 18.1 Å². The maximum absolute atomic E-state index is 10.2. The lowest BCUT2D eigenvalue weighted by molar-refractivity contribution is 0.480. The number of allylic oxidation sites excluding steroid dienone is 3. The van der Waals surface area contributed by atoms with Crippen molar-refractivity contribution in [2.24, 2.45) is 21.8 Å². The minimum atomic E-state index is 0.0137. The van der Waals surface area contributed by atoms with Gasteiger partial charge in [-0.25, -0.2) is 19.6 Å². The van der Waals surface area contributed by atoms with Gasteiger partial charge in [-0.2, -0.15) is 0 Å². The number of nitrogens with zero attached hydrogens (tertiary/aromatic N) is 2. The molecule has 2 atom stereocenters. The topological polar surface area (TPSA) is 58.9 Å². The highest BCUT2D eigenvalue weighted by Gasteiger charge is 2.30. The second kappa shape index (κ2) is 6.54. The summed E-state index contributed by atoms with van der Waals surface area (Å²) in [5.74, 6) is 0.0528. The molecule has 2 unspecified atom stereocenters. The van der Waals surface area contributed by atoms with E-state index in [2.05, 4.69) is 16.6 Å². The van der Waals surface area contributed by atoms with Crippen molar-refractivity contribution in [1.82, 2.24) is 0 Å². The monoisotopic (exact) mass is 230 g/mol. The van der Waals surface area contributed by atoms with Crippen LogP contribution in [0.5, 0.6) is 0 Å². The van der Waals surface area contributed by atoms with E-state index in [1.165, 1.54) is 12.2 Å². The third kappa shape index (κ3) is 3.22. The Morgan fingerprint density at radius 1 is 1.29 bits per heavy atom. The van der Waals surface area contributed by atoms with Crippen LogP contribution in [0.2, 0.25) is 0 Å². The molecule has 4 heteroatoms. The summed E-state index contributed by atoms with van der Waals surface area (Å²) in [6.45, 7) is 6.53. The van der Waals surface area contributed by atoms with E-state index < -0.39 is 0 Å². The van der Waals surface area contributed by atoms with Crippen LogP contribution in [0.25, 0.3) is 0 Å². The molecule has 17 heavy (non-hydrogen) atoms. The van der Waals surface area contributed by atoms with E-state index in [0.717, 1.165) is 11.1 Å². The maximum Gasteiger partial charge on any atom is 0.234 e. The summed E-state index contributed by atoms with van der Waals surface area (Å²) in [7, 11) is 0. The number of hydrogen-bond acceptors (Lipinski definition) is 4. The minimum absolute atomic E-state index is 0.0137. The fourth-order valence-corrected chi connectivity index (χ4v) is 2.03. The lowest BCUT2D eigenvalue weighted by atomic mass is 9.89. The van der Waals surface area contributed by atoms with Gasteiger partial charge < -0.3 is 0 Å². The molecule has 0 amide bonds. The zero-order chi connectivity index (χ0) is 12.7. The molecule has 0 heterocycles. The summed E-state index contributed by atoms with van der Waals surface area (Å²) >= 11 is 0. The van der Waals surface area contributed by atoms with Crippen LogP contribution in [0, 0.1) is 11.8 Å². The van der Waals surface area contributed by atoms with Gasteiger partial charge in [0.2, 0.25) is 12.2 Å². The van der Waals surface area contributed by atoms with Crippen molar-refractivity contribution in [3.63, 3.8) is 0 Å². The Labute approximate surface area is 100 Å². The van der Waals surface area contributed by atoms with Crippen molar-refractivity contribution in [3.8, 4) is 0 Å². The molecule has 0 fully saturated rings. The summed E-state index contributed by atoms with van der Waals surface area (Å²) in [5, 5.41) is 0. The molecule has 1 aliphatic carbocycles. The van der Waals surface area contributed by atoms with Gasteiger partial charge in [-0.3, -0.25) is 0 Å². The quantitative estimate of drug-likeness (QED) is 0.535. The fraction of sp³-hybridized carbons (Fsp3) is 0.385. The zero-order valence-electron chi connectivity index (χ0n) is 9.72. The van der Waals surface area contributed by atoms with E-state index >= 15 is 0 Å². The lowest BCUT2D eigenvalue weighted by Gasteiger charge is -2.17. The van der Waals surface area contributed by atoms with E-state index in [4.69, 9.17) is 0 Å². The number of rotatable bonds is 5. The van der Waals surface area contributed by atoms with Gasteiger partial charge in [-0.15, -0.1) is 0 Å². The highest BCUT2D eigenvalue weighted by atomic mass is 16.1.